The number of nitrogens with two attached hydrogens (primary N) is 1. The standard InChI is InChI=1S/C14H22N2O/c1-10-6-5-7-11(2)12(10)9-16-14(3,4)8-13(15)17/h5-7,16H,8-9H2,1-4H3,(H2,15,17). The molecule has 0 unspecified atom stereocenters. The summed E-state index contributed by atoms with van der Waals surface area (Å²) in [4.78, 5) is 10.9. The van der Waals surface area contributed by atoms with E-state index in [1.807, 2.05) is 13.8 Å². The van der Waals surface area contributed by atoms with Crippen LogP contribution >= 0.6 is 0 Å². The van der Waals surface area contributed by atoms with Crippen molar-refractivity contribution >= 4 is 5.91 Å². The number of amides is 1. The lowest BCUT2D eigenvalue weighted by atomic mass is 9.97. The van der Waals surface area contributed by atoms with E-state index in [2.05, 4.69) is 37.4 Å². The number of carbonyl (C=O) groups is 1. The first-order valence-corrected chi connectivity index (χ1v) is 5.90. The SMILES string of the molecule is Cc1cccc(C)c1CNC(C)(C)CC(N)=O. The molecule has 0 fully saturated rings. The average Bonchev–Trinajstić information content (AvgIpc) is 2.14. The summed E-state index contributed by atoms with van der Waals surface area (Å²) in [6.45, 7) is 8.95. The second kappa shape index (κ2) is 5.32. The maximum absolute atomic E-state index is 10.9. The van der Waals surface area contributed by atoms with E-state index in [1.165, 1.54) is 16.7 Å². The second-order valence-corrected chi connectivity index (χ2v) is 5.25. The summed E-state index contributed by atoms with van der Waals surface area (Å²) in [6.07, 6.45) is 0.345. The van der Waals surface area contributed by atoms with Crippen molar-refractivity contribution in [3.63, 3.8) is 0 Å². The van der Waals surface area contributed by atoms with Crippen LogP contribution in [0.3, 0.4) is 0 Å². The Hall–Kier alpha value is -1.35. The molecular weight excluding hydrogens is 212 g/mol. The van der Waals surface area contributed by atoms with Crippen LogP contribution in [0.5, 0.6) is 0 Å². The maximum Gasteiger partial charge on any atom is 0.219 e. The van der Waals surface area contributed by atoms with Gasteiger partial charge in [-0.3, -0.25) is 4.79 Å². The van der Waals surface area contributed by atoms with Crippen LogP contribution in [0, 0.1) is 13.8 Å². The molecule has 0 saturated heterocycles. The van der Waals surface area contributed by atoms with Gasteiger partial charge in [0.1, 0.15) is 0 Å². The molecule has 1 amide bonds. The van der Waals surface area contributed by atoms with E-state index < -0.39 is 0 Å². The summed E-state index contributed by atoms with van der Waals surface area (Å²) < 4.78 is 0. The van der Waals surface area contributed by atoms with Crippen molar-refractivity contribution in [3.05, 3.63) is 34.9 Å². The Balaban J connectivity index is 2.70. The topological polar surface area (TPSA) is 55.1 Å². The number of carbonyl (C=O) groups excluding carboxylic acids is 1. The molecule has 0 atom stereocenters. The normalized spacial score (nSPS) is 11.5. The van der Waals surface area contributed by atoms with E-state index in [0.717, 1.165) is 6.54 Å². The Bertz CT molecular complexity index is 390. The molecular formula is C14H22N2O. The third-order valence-electron chi connectivity index (χ3n) is 3.00. The van der Waals surface area contributed by atoms with Crippen molar-refractivity contribution < 1.29 is 4.79 Å². The molecule has 0 aliphatic carbocycles. The van der Waals surface area contributed by atoms with Gasteiger partial charge in [0.05, 0.1) is 0 Å². The van der Waals surface area contributed by atoms with Crippen LogP contribution in [0.2, 0.25) is 0 Å². The van der Waals surface area contributed by atoms with Gasteiger partial charge in [0, 0.05) is 18.5 Å². The molecule has 3 heteroatoms. The number of rotatable bonds is 5. The smallest absolute Gasteiger partial charge is 0.219 e. The fourth-order valence-electron chi connectivity index (χ4n) is 1.95. The Morgan fingerprint density at radius 2 is 1.82 bits per heavy atom. The van der Waals surface area contributed by atoms with E-state index in [-0.39, 0.29) is 11.4 Å². The van der Waals surface area contributed by atoms with E-state index in [4.69, 9.17) is 5.73 Å². The van der Waals surface area contributed by atoms with Gasteiger partial charge >= 0.3 is 0 Å². The summed E-state index contributed by atoms with van der Waals surface area (Å²) >= 11 is 0. The van der Waals surface area contributed by atoms with Gasteiger partial charge in [0.15, 0.2) is 0 Å². The van der Waals surface area contributed by atoms with Crippen molar-refractivity contribution in [2.45, 2.75) is 46.2 Å². The van der Waals surface area contributed by atoms with Crippen molar-refractivity contribution in [2.75, 3.05) is 0 Å². The highest BCUT2D eigenvalue weighted by Gasteiger charge is 2.20. The van der Waals surface area contributed by atoms with Gasteiger partial charge < -0.3 is 11.1 Å². The van der Waals surface area contributed by atoms with Crippen molar-refractivity contribution in [1.82, 2.24) is 5.32 Å². The van der Waals surface area contributed by atoms with Crippen LogP contribution in [0.4, 0.5) is 0 Å². The third-order valence-corrected chi connectivity index (χ3v) is 3.00. The first-order chi connectivity index (χ1) is 7.82. The molecule has 0 spiro atoms. The van der Waals surface area contributed by atoms with Crippen LogP contribution in [-0.4, -0.2) is 11.4 Å². The van der Waals surface area contributed by atoms with E-state index in [9.17, 15) is 4.79 Å². The Morgan fingerprint density at radius 3 is 2.29 bits per heavy atom. The van der Waals surface area contributed by atoms with Crippen LogP contribution < -0.4 is 11.1 Å². The number of nitrogens with one attached hydrogen (secondary N) is 1. The molecule has 1 rings (SSSR count). The minimum absolute atomic E-state index is 0.263. The zero-order valence-electron chi connectivity index (χ0n) is 11.1. The fraction of sp³-hybridized carbons (Fsp3) is 0.500. The molecule has 0 bridgehead atoms. The van der Waals surface area contributed by atoms with Crippen molar-refractivity contribution in [1.29, 1.82) is 0 Å². The molecule has 0 aliphatic heterocycles. The zero-order valence-corrected chi connectivity index (χ0v) is 11.1. The lowest BCUT2D eigenvalue weighted by molar-refractivity contribution is -0.119. The first-order valence-electron chi connectivity index (χ1n) is 5.90. The van der Waals surface area contributed by atoms with Gasteiger partial charge in [-0.2, -0.15) is 0 Å². The Morgan fingerprint density at radius 1 is 1.29 bits per heavy atom. The largest absolute Gasteiger partial charge is 0.370 e. The summed E-state index contributed by atoms with van der Waals surface area (Å²) in [5.41, 5.74) is 8.80. The molecule has 0 aromatic heterocycles. The van der Waals surface area contributed by atoms with Gasteiger partial charge in [-0.15, -0.1) is 0 Å². The van der Waals surface area contributed by atoms with Gasteiger partial charge in [0.2, 0.25) is 5.91 Å². The van der Waals surface area contributed by atoms with Crippen molar-refractivity contribution in [2.24, 2.45) is 5.73 Å². The van der Waals surface area contributed by atoms with Crippen molar-refractivity contribution in [3.8, 4) is 0 Å². The molecule has 0 aliphatic rings. The summed E-state index contributed by atoms with van der Waals surface area (Å²) in [5, 5.41) is 3.39. The highest BCUT2D eigenvalue weighted by Crippen LogP contribution is 2.15. The van der Waals surface area contributed by atoms with Crippen LogP contribution in [-0.2, 0) is 11.3 Å². The fourth-order valence-corrected chi connectivity index (χ4v) is 1.95. The molecule has 0 radical (unpaired) electrons. The number of aryl methyl sites for hydroxylation is 2. The molecule has 0 saturated carbocycles. The highest BCUT2D eigenvalue weighted by atomic mass is 16.1. The summed E-state index contributed by atoms with van der Waals surface area (Å²) in [6, 6.07) is 6.26. The number of hydrogen-bond donors (Lipinski definition) is 2. The lowest BCUT2D eigenvalue weighted by Gasteiger charge is -2.26. The zero-order chi connectivity index (χ0) is 13.1. The maximum atomic E-state index is 10.9. The van der Waals surface area contributed by atoms with E-state index >= 15 is 0 Å². The second-order valence-electron chi connectivity index (χ2n) is 5.25. The Kier molecular flexibility index (Phi) is 4.29. The molecule has 17 heavy (non-hydrogen) atoms. The van der Waals surface area contributed by atoms with Crippen LogP contribution in [0.25, 0.3) is 0 Å². The average molecular weight is 234 g/mol. The minimum atomic E-state index is -0.274. The highest BCUT2D eigenvalue weighted by molar-refractivity contribution is 5.75. The number of hydrogen-bond acceptors (Lipinski definition) is 2. The van der Waals surface area contributed by atoms with Gasteiger partial charge in [-0.25, -0.2) is 0 Å². The third kappa shape index (κ3) is 4.19. The molecule has 3 N–H and O–H groups in total. The van der Waals surface area contributed by atoms with Gasteiger partial charge in [0.25, 0.3) is 0 Å². The molecule has 1 aromatic carbocycles. The quantitative estimate of drug-likeness (QED) is 0.819. The van der Waals surface area contributed by atoms with Crippen LogP contribution in [0.1, 0.15) is 37.0 Å². The predicted molar refractivity (Wildman–Crippen MR) is 70.6 cm³/mol. The lowest BCUT2D eigenvalue weighted by Crippen LogP contribution is -2.42. The van der Waals surface area contributed by atoms with Crippen LogP contribution in [0.15, 0.2) is 18.2 Å². The molecule has 3 nitrogen and oxygen atoms in total. The van der Waals surface area contributed by atoms with Gasteiger partial charge in [-0.05, 0) is 44.4 Å². The number of primary amides is 1. The molecule has 1 aromatic rings. The Labute approximate surface area is 103 Å². The number of benzene rings is 1. The van der Waals surface area contributed by atoms with E-state index in [1.54, 1.807) is 0 Å². The molecule has 94 valence electrons. The first kappa shape index (κ1) is 13.7. The molecule has 0 heterocycles. The summed E-state index contributed by atoms with van der Waals surface area (Å²) in [5.74, 6) is -0.274. The van der Waals surface area contributed by atoms with Gasteiger partial charge in [-0.1, -0.05) is 18.2 Å². The predicted octanol–water partition coefficient (Wildman–Crippen LogP) is 2.05. The minimum Gasteiger partial charge on any atom is -0.370 e. The monoisotopic (exact) mass is 234 g/mol. The summed E-state index contributed by atoms with van der Waals surface area (Å²) in [7, 11) is 0. The van der Waals surface area contributed by atoms with E-state index in [0.29, 0.717) is 6.42 Å².